The van der Waals surface area contributed by atoms with E-state index in [-0.39, 0.29) is 18.2 Å². The van der Waals surface area contributed by atoms with Crippen molar-refractivity contribution < 1.29 is 14.3 Å². The molecule has 6 heteroatoms. The van der Waals surface area contributed by atoms with E-state index in [1.165, 1.54) is 6.92 Å². The number of ether oxygens (including phenoxy) is 1. The molecule has 0 spiro atoms. The molecule has 2 amide bonds. The first-order valence-electron chi connectivity index (χ1n) is 8.33. The topological polar surface area (TPSA) is 58.6 Å². The first-order chi connectivity index (χ1) is 12.4. The summed E-state index contributed by atoms with van der Waals surface area (Å²) in [5.74, 6) is 0.531. The maximum Gasteiger partial charge on any atom is 0.226 e. The van der Waals surface area contributed by atoms with Crippen molar-refractivity contribution in [2.24, 2.45) is 0 Å². The Hall–Kier alpha value is -2.53. The van der Waals surface area contributed by atoms with Gasteiger partial charge in [-0.05, 0) is 42.3 Å². The third-order valence-corrected chi connectivity index (χ3v) is 4.30. The zero-order valence-electron chi connectivity index (χ0n) is 15.2. The van der Waals surface area contributed by atoms with Crippen molar-refractivity contribution in [3.8, 4) is 5.75 Å². The number of hydrogen-bond donors (Lipinski definition) is 1. The number of nitrogens with zero attached hydrogens (tertiary/aromatic N) is 1. The number of carbonyl (C=O) groups excluding carboxylic acids is 2. The molecule has 2 rings (SSSR count). The second-order valence-electron chi connectivity index (χ2n) is 6.05. The number of methoxy groups -OCH3 is 1. The monoisotopic (exact) mass is 374 g/mol. The van der Waals surface area contributed by atoms with E-state index in [1.807, 2.05) is 37.3 Å². The Labute approximate surface area is 158 Å². The Bertz CT molecular complexity index is 775. The summed E-state index contributed by atoms with van der Waals surface area (Å²) in [6.07, 6.45) is 0.210. The number of anilines is 1. The van der Waals surface area contributed by atoms with Crippen LogP contribution in [0.3, 0.4) is 0 Å². The van der Waals surface area contributed by atoms with Crippen molar-refractivity contribution >= 4 is 29.1 Å². The van der Waals surface area contributed by atoms with Gasteiger partial charge in [-0.25, -0.2) is 0 Å². The number of nitrogens with one attached hydrogen (secondary N) is 1. The summed E-state index contributed by atoms with van der Waals surface area (Å²) in [7, 11) is 1.61. The van der Waals surface area contributed by atoms with E-state index in [9.17, 15) is 9.59 Å². The fourth-order valence-electron chi connectivity index (χ4n) is 2.48. The zero-order valence-corrected chi connectivity index (χ0v) is 16.0. The third-order valence-electron chi connectivity index (χ3n) is 4.06. The number of halogens is 1. The van der Waals surface area contributed by atoms with Crippen LogP contribution in [-0.2, 0) is 16.1 Å². The van der Waals surface area contributed by atoms with Gasteiger partial charge in [-0.3, -0.25) is 9.59 Å². The second kappa shape index (κ2) is 9.25. The van der Waals surface area contributed by atoms with Crippen LogP contribution in [0.1, 0.15) is 24.5 Å². The minimum absolute atomic E-state index is 0.0763. The zero-order chi connectivity index (χ0) is 19.1. The van der Waals surface area contributed by atoms with Crippen molar-refractivity contribution in [2.45, 2.75) is 26.8 Å². The number of hydrogen-bond acceptors (Lipinski definition) is 3. The molecule has 0 bridgehead atoms. The third kappa shape index (κ3) is 5.77. The maximum atomic E-state index is 12.2. The van der Waals surface area contributed by atoms with Crippen LogP contribution >= 0.6 is 11.6 Å². The number of rotatable bonds is 7. The summed E-state index contributed by atoms with van der Waals surface area (Å²) < 4.78 is 5.13. The van der Waals surface area contributed by atoms with Gasteiger partial charge in [0.05, 0.1) is 7.11 Å². The molecule has 26 heavy (non-hydrogen) atoms. The normalized spacial score (nSPS) is 10.3. The molecule has 0 aliphatic rings. The summed E-state index contributed by atoms with van der Waals surface area (Å²) in [4.78, 5) is 25.8. The number of benzene rings is 2. The second-order valence-corrected chi connectivity index (χ2v) is 6.48. The van der Waals surface area contributed by atoms with E-state index >= 15 is 0 Å². The van der Waals surface area contributed by atoms with Crippen molar-refractivity contribution in [3.05, 3.63) is 58.6 Å². The highest BCUT2D eigenvalue weighted by atomic mass is 35.5. The van der Waals surface area contributed by atoms with Crippen molar-refractivity contribution in [2.75, 3.05) is 19.0 Å². The van der Waals surface area contributed by atoms with Gasteiger partial charge < -0.3 is 15.0 Å². The highest BCUT2D eigenvalue weighted by Gasteiger charge is 2.13. The summed E-state index contributed by atoms with van der Waals surface area (Å²) in [6.45, 7) is 4.19. The highest BCUT2D eigenvalue weighted by molar-refractivity contribution is 6.31. The molecule has 0 aromatic heterocycles. The fraction of sp³-hybridized carbons (Fsp3) is 0.300. The van der Waals surface area contributed by atoms with E-state index in [2.05, 4.69) is 5.32 Å². The molecule has 2 aromatic rings. The van der Waals surface area contributed by atoms with Crippen molar-refractivity contribution in [3.63, 3.8) is 0 Å². The quantitative estimate of drug-likeness (QED) is 0.795. The van der Waals surface area contributed by atoms with Crippen LogP contribution in [0, 0.1) is 6.92 Å². The van der Waals surface area contributed by atoms with Gasteiger partial charge in [0.2, 0.25) is 11.8 Å². The Balaban J connectivity index is 1.93. The number of aryl methyl sites for hydroxylation is 1. The maximum absolute atomic E-state index is 12.2. The molecule has 0 saturated carbocycles. The standard InChI is InChI=1S/C20H23ClN2O3/c1-14-4-7-17(21)12-19(14)22-20(25)10-11-23(15(2)24)13-16-5-8-18(26-3)9-6-16/h4-9,12H,10-11,13H2,1-3H3,(H,22,25). The largest absolute Gasteiger partial charge is 0.497 e. The minimum atomic E-state index is -0.156. The van der Waals surface area contributed by atoms with Gasteiger partial charge >= 0.3 is 0 Å². The molecular weight excluding hydrogens is 352 g/mol. The first-order valence-corrected chi connectivity index (χ1v) is 8.71. The van der Waals surface area contributed by atoms with E-state index in [4.69, 9.17) is 16.3 Å². The Kier molecular flexibility index (Phi) is 7.04. The lowest BCUT2D eigenvalue weighted by molar-refractivity contribution is -0.129. The molecule has 0 aliphatic carbocycles. The van der Waals surface area contributed by atoms with Gasteiger partial charge in [0, 0.05) is 37.1 Å². The Morgan fingerprint density at radius 1 is 1.15 bits per heavy atom. The van der Waals surface area contributed by atoms with Crippen LogP contribution in [0.25, 0.3) is 0 Å². The lowest BCUT2D eigenvalue weighted by atomic mass is 10.2. The molecule has 0 unspecified atom stereocenters. The van der Waals surface area contributed by atoms with Gasteiger partial charge in [-0.2, -0.15) is 0 Å². The predicted octanol–water partition coefficient (Wildman–Crippen LogP) is 4.03. The van der Waals surface area contributed by atoms with Crippen LogP contribution in [0.5, 0.6) is 5.75 Å². The number of carbonyl (C=O) groups is 2. The van der Waals surface area contributed by atoms with Gasteiger partial charge in [0.1, 0.15) is 5.75 Å². The van der Waals surface area contributed by atoms with Crippen molar-refractivity contribution in [1.29, 1.82) is 0 Å². The van der Waals surface area contributed by atoms with E-state index in [0.717, 1.165) is 16.9 Å². The summed E-state index contributed by atoms with van der Waals surface area (Å²) >= 11 is 5.97. The molecule has 0 fully saturated rings. The summed E-state index contributed by atoms with van der Waals surface area (Å²) in [6, 6.07) is 12.9. The van der Waals surface area contributed by atoms with E-state index in [1.54, 1.807) is 24.1 Å². The molecule has 0 heterocycles. The predicted molar refractivity (Wildman–Crippen MR) is 104 cm³/mol. The van der Waals surface area contributed by atoms with Gasteiger partial charge in [-0.1, -0.05) is 29.8 Å². The van der Waals surface area contributed by atoms with Crippen LogP contribution in [-0.4, -0.2) is 30.4 Å². The lowest BCUT2D eigenvalue weighted by Crippen LogP contribution is -2.31. The average Bonchev–Trinajstić information content (AvgIpc) is 2.62. The van der Waals surface area contributed by atoms with Crippen LogP contribution in [0.15, 0.2) is 42.5 Å². The fourth-order valence-corrected chi connectivity index (χ4v) is 2.65. The molecular formula is C20H23ClN2O3. The van der Waals surface area contributed by atoms with Gasteiger partial charge in [0.25, 0.3) is 0 Å². The van der Waals surface area contributed by atoms with Crippen LogP contribution in [0.2, 0.25) is 5.02 Å². The van der Waals surface area contributed by atoms with Crippen LogP contribution < -0.4 is 10.1 Å². The van der Waals surface area contributed by atoms with E-state index < -0.39 is 0 Å². The first kappa shape index (κ1) is 19.8. The lowest BCUT2D eigenvalue weighted by Gasteiger charge is -2.21. The van der Waals surface area contributed by atoms with Gasteiger partial charge in [-0.15, -0.1) is 0 Å². The Morgan fingerprint density at radius 2 is 1.85 bits per heavy atom. The molecule has 0 aliphatic heterocycles. The molecule has 138 valence electrons. The highest BCUT2D eigenvalue weighted by Crippen LogP contribution is 2.20. The SMILES string of the molecule is COc1ccc(CN(CCC(=O)Nc2cc(Cl)ccc2C)C(C)=O)cc1. The molecule has 2 aromatic carbocycles. The van der Waals surface area contributed by atoms with Crippen LogP contribution in [0.4, 0.5) is 5.69 Å². The molecule has 0 radical (unpaired) electrons. The Morgan fingerprint density at radius 3 is 2.46 bits per heavy atom. The molecule has 0 atom stereocenters. The summed E-state index contributed by atoms with van der Waals surface area (Å²) in [5, 5.41) is 3.41. The van der Waals surface area contributed by atoms with E-state index in [0.29, 0.717) is 23.8 Å². The summed E-state index contributed by atoms with van der Waals surface area (Å²) in [5.41, 5.74) is 2.60. The number of amides is 2. The molecule has 1 N–H and O–H groups in total. The smallest absolute Gasteiger partial charge is 0.226 e. The van der Waals surface area contributed by atoms with Gasteiger partial charge in [0.15, 0.2) is 0 Å². The molecule has 0 saturated heterocycles. The molecule has 5 nitrogen and oxygen atoms in total. The van der Waals surface area contributed by atoms with Crippen molar-refractivity contribution in [1.82, 2.24) is 4.90 Å². The average molecular weight is 375 g/mol. The minimum Gasteiger partial charge on any atom is -0.497 e.